The van der Waals surface area contributed by atoms with E-state index in [9.17, 15) is 0 Å². The van der Waals surface area contributed by atoms with Gasteiger partial charge in [-0.2, -0.15) is 0 Å². The minimum Gasteiger partial charge on any atom is -0.490 e. The Labute approximate surface area is 133 Å². The molecule has 0 unspecified atom stereocenters. The maximum Gasteiger partial charge on any atom is 0.122 e. The molecule has 2 aromatic rings. The van der Waals surface area contributed by atoms with Crippen molar-refractivity contribution in [2.45, 2.75) is 18.9 Å². The SMILES string of the molecule is N[C@@H]1CCc2cc(OCCOc3ccc(Br)cc3)ccc21. The van der Waals surface area contributed by atoms with Gasteiger partial charge >= 0.3 is 0 Å². The van der Waals surface area contributed by atoms with E-state index in [4.69, 9.17) is 15.2 Å². The second-order valence-corrected chi connectivity index (χ2v) is 6.07. The number of halogens is 1. The quantitative estimate of drug-likeness (QED) is 0.835. The van der Waals surface area contributed by atoms with Crippen LogP contribution in [0.15, 0.2) is 46.9 Å². The third kappa shape index (κ3) is 3.57. The van der Waals surface area contributed by atoms with Gasteiger partial charge in [-0.05, 0) is 60.4 Å². The Morgan fingerprint density at radius 3 is 2.43 bits per heavy atom. The van der Waals surface area contributed by atoms with Crippen molar-refractivity contribution in [2.24, 2.45) is 5.73 Å². The maximum atomic E-state index is 6.03. The molecule has 1 aliphatic rings. The van der Waals surface area contributed by atoms with Crippen LogP contribution >= 0.6 is 15.9 Å². The number of ether oxygens (including phenoxy) is 2. The summed E-state index contributed by atoms with van der Waals surface area (Å²) in [6.45, 7) is 1.05. The van der Waals surface area contributed by atoms with Gasteiger partial charge in [0.15, 0.2) is 0 Å². The molecular weight excluding hydrogens is 330 g/mol. The fraction of sp³-hybridized carbons (Fsp3) is 0.294. The van der Waals surface area contributed by atoms with Crippen LogP contribution in [0.25, 0.3) is 0 Å². The molecule has 0 radical (unpaired) electrons. The molecule has 2 N–H and O–H groups in total. The normalized spacial score (nSPS) is 16.6. The second kappa shape index (κ2) is 6.50. The average Bonchev–Trinajstić information content (AvgIpc) is 2.86. The summed E-state index contributed by atoms with van der Waals surface area (Å²) >= 11 is 3.40. The Kier molecular flexibility index (Phi) is 4.46. The Morgan fingerprint density at radius 2 is 1.67 bits per heavy atom. The van der Waals surface area contributed by atoms with E-state index in [0.717, 1.165) is 28.8 Å². The minimum absolute atomic E-state index is 0.190. The minimum atomic E-state index is 0.190. The number of hydrogen-bond acceptors (Lipinski definition) is 3. The summed E-state index contributed by atoms with van der Waals surface area (Å²) in [6.07, 6.45) is 2.08. The molecular formula is C17H18BrNO2. The van der Waals surface area contributed by atoms with Gasteiger partial charge in [-0.25, -0.2) is 0 Å². The highest BCUT2D eigenvalue weighted by molar-refractivity contribution is 9.10. The van der Waals surface area contributed by atoms with Crippen molar-refractivity contribution in [1.29, 1.82) is 0 Å². The van der Waals surface area contributed by atoms with Crippen molar-refractivity contribution < 1.29 is 9.47 Å². The zero-order chi connectivity index (χ0) is 14.7. The van der Waals surface area contributed by atoms with Crippen molar-refractivity contribution in [1.82, 2.24) is 0 Å². The molecule has 21 heavy (non-hydrogen) atoms. The molecule has 0 spiro atoms. The molecule has 110 valence electrons. The molecule has 0 saturated heterocycles. The number of fused-ring (bicyclic) bond motifs is 1. The van der Waals surface area contributed by atoms with Crippen LogP contribution in [-0.2, 0) is 6.42 Å². The second-order valence-electron chi connectivity index (χ2n) is 5.16. The third-order valence-electron chi connectivity index (χ3n) is 3.67. The van der Waals surface area contributed by atoms with Crippen molar-refractivity contribution in [3.05, 3.63) is 58.1 Å². The third-order valence-corrected chi connectivity index (χ3v) is 4.20. The Morgan fingerprint density at radius 1 is 1.00 bits per heavy atom. The molecule has 0 bridgehead atoms. The summed E-state index contributed by atoms with van der Waals surface area (Å²) in [5, 5.41) is 0. The summed E-state index contributed by atoms with van der Waals surface area (Å²) in [7, 11) is 0. The highest BCUT2D eigenvalue weighted by atomic mass is 79.9. The highest BCUT2D eigenvalue weighted by Crippen LogP contribution is 2.31. The van der Waals surface area contributed by atoms with E-state index < -0.39 is 0 Å². The number of nitrogens with two attached hydrogens (primary N) is 1. The van der Waals surface area contributed by atoms with Crippen LogP contribution in [0.5, 0.6) is 11.5 Å². The van der Waals surface area contributed by atoms with Crippen LogP contribution in [0, 0.1) is 0 Å². The topological polar surface area (TPSA) is 44.5 Å². The first kappa shape index (κ1) is 14.4. The van der Waals surface area contributed by atoms with E-state index in [1.165, 1.54) is 11.1 Å². The Hall–Kier alpha value is -1.52. The van der Waals surface area contributed by atoms with Crippen LogP contribution in [0.3, 0.4) is 0 Å². The summed E-state index contributed by atoms with van der Waals surface area (Å²) < 4.78 is 12.4. The lowest BCUT2D eigenvalue weighted by atomic mass is 10.1. The van der Waals surface area contributed by atoms with Gasteiger partial charge in [-0.3, -0.25) is 0 Å². The lowest BCUT2D eigenvalue weighted by Crippen LogP contribution is -2.09. The molecule has 1 aliphatic carbocycles. The summed E-state index contributed by atoms with van der Waals surface area (Å²) in [5.41, 5.74) is 8.60. The van der Waals surface area contributed by atoms with Crippen molar-refractivity contribution in [3.63, 3.8) is 0 Å². The van der Waals surface area contributed by atoms with E-state index in [1.54, 1.807) is 0 Å². The van der Waals surface area contributed by atoms with Crippen LogP contribution in [0.4, 0.5) is 0 Å². The Balaban J connectivity index is 1.48. The van der Waals surface area contributed by atoms with E-state index in [1.807, 2.05) is 30.3 Å². The molecule has 0 fully saturated rings. The van der Waals surface area contributed by atoms with Gasteiger partial charge in [-0.1, -0.05) is 22.0 Å². The van der Waals surface area contributed by atoms with Crippen LogP contribution in [0.1, 0.15) is 23.6 Å². The van der Waals surface area contributed by atoms with Gasteiger partial charge in [0.2, 0.25) is 0 Å². The van der Waals surface area contributed by atoms with Gasteiger partial charge in [0.1, 0.15) is 24.7 Å². The monoisotopic (exact) mass is 347 g/mol. The fourth-order valence-corrected chi connectivity index (χ4v) is 2.83. The average molecular weight is 348 g/mol. The number of benzene rings is 2. The summed E-state index contributed by atoms with van der Waals surface area (Å²) in [4.78, 5) is 0. The molecule has 3 rings (SSSR count). The first-order chi connectivity index (χ1) is 10.2. The van der Waals surface area contributed by atoms with Crippen LogP contribution < -0.4 is 15.2 Å². The number of hydrogen-bond donors (Lipinski definition) is 1. The first-order valence-corrected chi connectivity index (χ1v) is 7.91. The van der Waals surface area contributed by atoms with Crippen LogP contribution in [-0.4, -0.2) is 13.2 Å². The molecule has 3 nitrogen and oxygen atoms in total. The smallest absolute Gasteiger partial charge is 0.122 e. The van der Waals surface area contributed by atoms with Gasteiger partial charge in [0.05, 0.1) is 0 Å². The number of aryl methyl sites for hydroxylation is 1. The lowest BCUT2D eigenvalue weighted by Gasteiger charge is -2.10. The summed E-state index contributed by atoms with van der Waals surface area (Å²) in [6, 6.07) is 14.1. The molecule has 4 heteroatoms. The molecule has 2 aromatic carbocycles. The van der Waals surface area contributed by atoms with Gasteiger partial charge in [0.25, 0.3) is 0 Å². The molecule has 0 heterocycles. The predicted octanol–water partition coefficient (Wildman–Crippen LogP) is 3.85. The standard InChI is InChI=1S/C17H18BrNO2/c18-13-2-4-14(5-3-13)20-9-10-21-15-6-7-16-12(11-15)1-8-17(16)19/h2-7,11,17H,1,8-10,19H2/t17-/m1/s1. The zero-order valence-corrected chi connectivity index (χ0v) is 13.3. The number of rotatable bonds is 5. The van der Waals surface area contributed by atoms with E-state index in [0.29, 0.717) is 13.2 Å². The van der Waals surface area contributed by atoms with Crippen molar-refractivity contribution in [2.75, 3.05) is 13.2 Å². The summed E-state index contributed by atoms with van der Waals surface area (Å²) in [5.74, 6) is 1.74. The fourth-order valence-electron chi connectivity index (χ4n) is 2.57. The van der Waals surface area contributed by atoms with Gasteiger partial charge in [-0.15, -0.1) is 0 Å². The van der Waals surface area contributed by atoms with Crippen molar-refractivity contribution in [3.8, 4) is 11.5 Å². The maximum absolute atomic E-state index is 6.03. The van der Waals surface area contributed by atoms with Gasteiger partial charge in [0, 0.05) is 10.5 Å². The molecule has 1 atom stereocenters. The first-order valence-electron chi connectivity index (χ1n) is 7.12. The van der Waals surface area contributed by atoms with Crippen LogP contribution in [0.2, 0.25) is 0 Å². The lowest BCUT2D eigenvalue weighted by molar-refractivity contribution is 0.217. The predicted molar refractivity (Wildman–Crippen MR) is 86.8 cm³/mol. The molecule has 0 aliphatic heterocycles. The molecule has 0 aromatic heterocycles. The Bertz CT molecular complexity index is 613. The van der Waals surface area contributed by atoms with E-state index >= 15 is 0 Å². The highest BCUT2D eigenvalue weighted by Gasteiger charge is 2.18. The molecule has 0 saturated carbocycles. The van der Waals surface area contributed by atoms with Crippen molar-refractivity contribution >= 4 is 15.9 Å². The molecule has 0 amide bonds. The zero-order valence-electron chi connectivity index (χ0n) is 11.7. The largest absolute Gasteiger partial charge is 0.490 e. The van der Waals surface area contributed by atoms with E-state index in [2.05, 4.69) is 28.1 Å². The van der Waals surface area contributed by atoms with Gasteiger partial charge < -0.3 is 15.2 Å². The van der Waals surface area contributed by atoms with E-state index in [-0.39, 0.29) is 6.04 Å².